The maximum Gasteiger partial charge on any atom is 0.163 e. The number of nitrogens with one attached hydrogen (secondary N) is 1. The summed E-state index contributed by atoms with van der Waals surface area (Å²) in [6.45, 7) is 9.61. The lowest BCUT2D eigenvalue weighted by Crippen LogP contribution is -2.36. The summed E-state index contributed by atoms with van der Waals surface area (Å²) in [6.07, 6.45) is 7.64. The van der Waals surface area contributed by atoms with E-state index in [0.717, 1.165) is 37.3 Å². The molecule has 0 spiro atoms. The highest BCUT2D eigenvalue weighted by Gasteiger charge is 2.23. The van der Waals surface area contributed by atoms with E-state index in [1.54, 1.807) is 0 Å². The molecule has 0 heterocycles. The van der Waals surface area contributed by atoms with Crippen molar-refractivity contribution in [3.8, 4) is 0 Å². The van der Waals surface area contributed by atoms with Gasteiger partial charge in [-0.25, -0.2) is 0 Å². The summed E-state index contributed by atoms with van der Waals surface area (Å²) in [5, 5.41) is 3.68. The first-order chi connectivity index (χ1) is 11.1. The van der Waals surface area contributed by atoms with Gasteiger partial charge in [0.05, 0.1) is 0 Å². The molecular weight excluding hydrogens is 282 g/mol. The maximum absolute atomic E-state index is 12.5. The Bertz CT molecular complexity index is 531. The van der Waals surface area contributed by atoms with Gasteiger partial charge in [-0.05, 0) is 67.7 Å². The van der Waals surface area contributed by atoms with Gasteiger partial charge in [-0.15, -0.1) is 0 Å². The minimum Gasteiger partial charge on any atom is -0.310 e. The van der Waals surface area contributed by atoms with Gasteiger partial charge in [-0.3, -0.25) is 4.79 Å². The molecule has 0 amide bonds. The normalized spacial score (nSPS) is 16.2. The smallest absolute Gasteiger partial charge is 0.163 e. The largest absolute Gasteiger partial charge is 0.310 e. The highest BCUT2D eigenvalue weighted by molar-refractivity contribution is 5.98. The second-order valence-corrected chi connectivity index (χ2v) is 7.02. The topological polar surface area (TPSA) is 29.1 Å². The molecule has 1 N–H and O–H groups in total. The van der Waals surface area contributed by atoms with Crippen LogP contribution < -0.4 is 5.32 Å². The Morgan fingerprint density at radius 2 is 1.96 bits per heavy atom. The number of benzene rings is 1. The molecule has 1 aromatic rings. The van der Waals surface area contributed by atoms with Crippen LogP contribution in [-0.2, 0) is 19.4 Å². The van der Waals surface area contributed by atoms with Crippen molar-refractivity contribution in [3.05, 3.63) is 34.4 Å². The van der Waals surface area contributed by atoms with Gasteiger partial charge in [0.25, 0.3) is 0 Å². The molecule has 1 fully saturated rings. The fourth-order valence-corrected chi connectivity index (χ4v) is 3.63. The van der Waals surface area contributed by atoms with Gasteiger partial charge in [0, 0.05) is 24.6 Å². The molecule has 1 unspecified atom stereocenters. The van der Waals surface area contributed by atoms with E-state index in [2.05, 4.69) is 45.1 Å². The third-order valence-corrected chi connectivity index (χ3v) is 5.40. The predicted molar refractivity (Wildman–Crippen MR) is 98.1 cm³/mol. The van der Waals surface area contributed by atoms with Crippen molar-refractivity contribution >= 4 is 5.78 Å². The van der Waals surface area contributed by atoms with E-state index < -0.39 is 0 Å². The molecule has 2 rings (SSSR count). The van der Waals surface area contributed by atoms with Gasteiger partial charge in [-0.2, -0.15) is 0 Å². The number of aryl methyl sites for hydroxylation is 1. The van der Waals surface area contributed by atoms with Gasteiger partial charge in [0.15, 0.2) is 5.78 Å². The lowest BCUT2D eigenvalue weighted by molar-refractivity contribution is 0.0980. The average Bonchev–Trinajstić information content (AvgIpc) is 2.50. The van der Waals surface area contributed by atoms with Gasteiger partial charge in [0.1, 0.15) is 0 Å². The quantitative estimate of drug-likeness (QED) is 0.644. The van der Waals surface area contributed by atoms with Crippen LogP contribution in [0.4, 0.5) is 0 Å². The molecule has 1 aliphatic carbocycles. The monoisotopic (exact) mass is 315 g/mol. The zero-order valence-corrected chi connectivity index (χ0v) is 15.4. The Morgan fingerprint density at radius 1 is 1.22 bits per heavy atom. The Hall–Kier alpha value is -1.15. The molecule has 0 aliphatic heterocycles. The Kier molecular flexibility index (Phi) is 6.83. The summed E-state index contributed by atoms with van der Waals surface area (Å²) >= 11 is 0. The number of carbonyl (C=O) groups is 1. The summed E-state index contributed by atoms with van der Waals surface area (Å²) in [5.41, 5.74) is 4.86. The molecular formula is C21H33NO. The molecule has 1 aliphatic rings. The van der Waals surface area contributed by atoms with E-state index >= 15 is 0 Å². The molecule has 1 saturated carbocycles. The Balaban J connectivity index is 2.18. The maximum atomic E-state index is 12.5. The van der Waals surface area contributed by atoms with Crippen molar-refractivity contribution in [1.82, 2.24) is 5.32 Å². The van der Waals surface area contributed by atoms with E-state index in [-0.39, 0.29) is 0 Å². The first-order valence-electron chi connectivity index (χ1n) is 9.51. The van der Waals surface area contributed by atoms with E-state index in [1.807, 2.05) is 0 Å². The van der Waals surface area contributed by atoms with Crippen LogP contribution in [0.3, 0.4) is 0 Å². The van der Waals surface area contributed by atoms with Crippen molar-refractivity contribution < 1.29 is 4.79 Å². The minimum atomic E-state index is 0.313. The van der Waals surface area contributed by atoms with Crippen molar-refractivity contribution in [2.24, 2.45) is 5.92 Å². The zero-order chi connectivity index (χ0) is 16.8. The van der Waals surface area contributed by atoms with Crippen molar-refractivity contribution in [2.75, 3.05) is 0 Å². The van der Waals surface area contributed by atoms with Gasteiger partial charge >= 0.3 is 0 Å². The first-order valence-corrected chi connectivity index (χ1v) is 9.51. The second-order valence-electron chi connectivity index (χ2n) is 7.02. The van der Waals surface area contributed by atoms with E-state index in [4.69, 9.17) is 0 Å². The van der Waals surface area contributed by atoms with Gasteiger partial charge in [-0.1, -0.05) is 33.3 Å². The Labute approximate surface area is 142 Å². The van der Waals surface area contributed by atoms with Crippen LogP contribution in [0.25, 0.3) is 0 Å². The van der Waals surface area contributed by atoms with Crippen molar-refractivity contribution in [2.45, 2.75) is 85.2 Å². The molecule has 0 saturated heterocycles. The number of hydrogen-bond donors (Lipinski definition) is 1. The molecule has 128 valence electrons. The molecule has 2 heteroatoms. The number of carbonyl (C=O) groups excluding carboxylic acids is 1. The standard InChI is InChI=1S/C21H33NO/c1-5-9-21(23)20-13-16(12-17(6-2)19(20)7-3)14-22-15(4)18-10-8-11-18/h12-13,15,18,22H,5-11,14H2,1-4H3. The lowest BCUT2D eigenvalue weighted by Gasteiger charge is -2.32. The van der Waals surface area contributed by atoms with E-state index in [9.17, 15) is 4.79 Å². The average molecular weight is 316 g/mol. The van der Waals surface area contributed by atoms with Crippen LogP contribution in [0, 0.1) is 5.92 Å². The summed E-state index contributed by atoms with van der Waals surface area (Å²) in [6, 6.07) is 5.04. The van der Waals surface area contributed by atoms with Crippen LogP contribution >= 0.6 is 0 Å². The number of rotatable bonds is 9. The molecule has 23 heavy (non-hydrogen) atoms. The summed E-state index contributed by atoms with van der Waals surface area (Å²) < 4.78 is 0. The number of hydrogen-bond acceptors (Lipinski definition) is 2. The third kappa shape index (κ3) is 4.44. The molecule has 1 atom stereocenters. The fourth-order valence-electron chi connectivity index (χ4n) is 3.63. The summed E-state index contributed by atoms with van der Waals surface area (Å²) in [7, 11) is 0. The highest BCUT2D eigenvalue weighted by atomic mass is 16.1. The van der Waals surface area contributed by atoms with Crippen LogP contribution in [0.15, 0.2) is 12.1 Å². The van der Waals surface area contributed by atoms with Crippen LogP contribution in [0.2, 0.25) is 0 Å². The van der Waals surface area contributed by atoms with Crippen LogP contribution in [0.1, 0.15) is 86.8 Å². The van der Waals surface area contributed by atoms with Crippen LogP contribution in [0.5, 0.6) is 0 Å². The predicted octanol–water partition coefficient (Wildman–Crippen LogP) is 5.07. The lowest BCUT2D eigenvalue weighted by atomic mass is 9.80. The summed E-state index contributed by atoms with van der Waals surface area (Å²) in [4.78, 5) is 12.5. The molecule has 0 aromatic heterocycles. The van der Waals surface area contributed by atoms with E-state index in [1.165, 1.54) is 36.0 Å². The van der Waals surface area contributed by atoms with Gasteiger partial charge < -0.3 is 5.32 Å². The number of ketones is 1. The van der Waals surface area contributed by atoms with E-state index in [0.29, 0.717) is 18.2 Å². The number of Topliss-reactive ketones (excluding diaryl/α,β-unsaturated/α-hetero) is 1. The van der Waals surface area contributed by atoms with Crippen molar-refractivity contribution in [1.29, 1.82) is 0 Å². The summed E-state index contributed by atoms with van der Waals surface area (Å²) in [5.74, 6) is 1.16. The first kappa shape index (κ1) is 18.2. The Morgan fingerprint density at radius 3 is 2.48 bits per heavy atom. The fraction of sp³-hybridized carbons (Fsp3) is 0.667. The molecule has 2 nitrogen and oxygen atoms in total. The third-order valence-electron chi connectivity index (χ3n) is 5.40. The minimum absolute atomic E-state index is 0.313. The SMILES string of the molecule is CCCC(=O)c1cc(CNC(C)C2CCC2)cc(CC)c1CC. The molecule has 0 radical (unpaired) electrons. The second kappa shape index (κ2) is 8.63. The van der Waals surface area contributed by atoms with Gasteiger partial charge in [0.2, 0.25) is 0 Å². The highest BCUT2D eigenvalue weighted by Crippen LogP contribution is 2.29. The van der Waals surface area contributed by atoms with Crippen LogP contribution in [-0.4, -0.2) is 11.8 Å². The van der Waals surface area contributed by atoms with Crippen molar-refractivity contribution in [3.63, 3.8) is 0 Å². The zero-order valence-electron chi connectivity index (χ0n) is 15.4. The molecule has 1 aromatic carbocycles. The molecule has 0 bridgehead atoms.